The molecule has 1 N–H and O–H groups in total. The van der Waals surface area contributed by atoms with Crippen molar-refractivity contribution in [1.82, 2.24) is 4.98 Å². The van der Waals surface area contributed by atoms with E-state index in [1.807, 2.05) is 6.20 Å². The van der Waals surface area contributed by atoms with Gasteiger partial charge in [0.1, 0.15) is 10.6 Å². The van der Waals surface area contributed by atoms with E-state index in [1.165, 1.54) is 0 Å². The molecular formula is C17H31NO2SSi. The minimum atomic E-state index is -1.74. The first kappa shape index (κ1) is 18.1. The number of nitrogens with zero attached hydrogens (tertiary/aromatic N) is 1. The maximum absolute atomic E-state index is 10.9. The Bertz CT molecular complexity index is 533. The van der Waals surface area contributed by atoms with Gasteiger partial charge < -0.3 is 9.53 Å². The fourth-order valence-electron chi connectivity index (χ4n) is 2.75. The number of aliphatic hydroxyl groups is 1. The molecule has 1 aliphatic carbocycles. The lowest BCUT2D eigenvalue weighted by atomic mass is 9.89. The van der Waals surface area contributed by atoms with Crippen LogP contribution in [0.25, 0.3) is 0 Å². The highest BCUT2D eigenvalue weighted by atomic mass is 32.1. The summed E-state index contributed by atoms with van der Waals surface area (Å²) < 4.78 is 6.26. The minimum Gasteiger partial charge on any atom is -0.412 e. The van der Waals surface area contributed by atoms with Crippen LogP contribution in [0.4, 0.5) is 0 Å². The van der Waals surface area contributed by atoms with E-state index in [-0.39, 0.29) is 10.5 Å². The number of rotatable bonds is 4. The van der Waals surface area contributed by atoms with E-state index >= 15 is 0 Å². The average molecular weight is 342 g/mol. The van der Waals surface area contributed by atoms with Crippen molar-refractivity contribution in [1.29, 1.82) is 0 Å². The Morgan fingerprint density at radius 2 is 1.95 bits per heavy atom. The Hall–Kier alpha value is -0.233. The van der Waals surface area contributed by atoms with Crippen LogP contribution in [0.2, 0.25) is 18.1 Å². The predicted molar refractivity (Wildman–Crippen MR) is 95.6 cm³/mol. The van der Waals surface area contributed by atoms with Crippen LogP contribution in [0.5, 0.6) is 0 Å². The van der Waals surface area contributed by atoms with Gasteiger partial charge in [-0.25, -0.2) is 4.98 Å². The molecule has 1 aliphatic rings. The number of hydrogen-bond donors (Lipinski definition) is 1. The van der Waals surface area contributed by atoms with E-state index < -0.39 is 13.9 Å². The molecule has 5 heteroatoms. The van der Waals surface area contributed by atoms with Gasteiger partial charge in [0.15, 0.2) is 8.32 Å². The summed E-state index contributed by atoms with van der Waals surface area (Å²) in [5, 5.41) is 12.0. The maximum atomic E-state index is 10.9. The normalized spacial score (nSPS) is 25.6. The summed E-state index contributed by atoms with van der Waals surface area (Å²) in [4.78, 5) is 5.63. The third-order valence-corrected chi connectivity index (χ3v) is 11.0. The molecule has 0 unspecified atom stereocenters. The Morgan fingerprint density at radius 3 is 2.45 bits per heavy atom. The van der Waals surface area contributed by atoms with Crippen molar-refractivity contribution in [3.8, 4) is 0 Å². The van der Waals surface area contributed by atoms with Crippen LogP contribution in [-0.2, 0) is 16.6 Å². The largest absolute Gasteiger partial charge is 0.412 e. The van der Waals surface area contributed by atoms with Crippen LogP contribution in [0.1, 0.15) is 63.8 Å². The number of hydrogen-bond acceptors (Lipinski definition) is 4. The predicted octanol–water partition coefficient (Wildman–Crippen LogP) is 5.06. The summed E-state index contributed by atoms with van der Waals surface area (Å²) in [5.74, 6) is 0. The molecule has 1 fully saturated rings. The fourth-order valence-corrected chi connectivity index (χ4v) is 4.75. The lowest BCUT2D eigenvalue weighted by Crippen LogP contribution is -2.40. The zero-order chi connectivity index (χ0) is 16.8. The molecule has 0 amide bonds. The highest BCUT2D eigenvalue weighted by Gasteiger charge is 2.45. The van der Waals surface area contributed by atoms with Crippen molar-refractivity contribution >= 4 is 19.7 Å². The second-order valence-corrected chi connectivity index (χ2v) is 15.0. The molecule has 22 heavy (non-hydrogen) atoms. The third kappa shape index (κ3) is 3.81. The van der Waals surface area contributed by atoms with Gasteiger partial charge >= 0.3 is 0 Å². The topological polar surface area (TPSA) is 42.4 Å². The smallest absolute Gasteiger partial charge is 0.192 e. The summed E-state index contributed by atoms with van der Waals surface area (Å²) >= 11 is 1.62. The molecule has 1 saturated carbocycles. The van der Waals surface area contributed by atoms with Crippen molar-refractivity contribution in [2.24, 2.45) is 5.41 Å². The van der Waals surface area contributed by atoms with Gasteiger partial charge in [-0.1, -0.05) is 34.6 Å². The molecule has 0 saturated heterocycles. The SMILES string of the molecule is CC1(C)CC[C@@](O)(c2ncc(CO[Si](C)(C)C(C)(C)C)s2)C1. The standard InChI is InChI=1S/C17H31NO2SSi/c1-15(2,3)22(6,7)20-11-13-10-18-14(21-13)17(19)9-8-16(4,5)12-17/h10,19H,8-9,11-12H2,1-7H3/t17-/m0/s1. The molecule has 3 nitrogen and oxygen atoms in total. The quantitative estimate of drug-likeness (QED) is 0.778. The summed E-state index contributed by atoms with van der Waals surface area (Å²) in [6, 6.07) is 0. The first-order valence-corrected chi connectivity index (χ1v) is 11.9. The summed E-state index contributed by atoms with van der Waals surface area (Å²) in [6.45, 7) is 16.3. The second kappa shape index (κ2) is 5.69. The Balaban J connectivity index is 2.04. The third-order valence-electron chi connectivity index (χ3n) is 5.32. The van der Waals surface area contributed by atoms with Gasteiger partial charge in [0, 0.05) is 11.1 Å². The Morgan fingerprint density at radius 1 is 1.32 bits per heavy atom. The minimum absolute atomic E-state index is 0.207. The van der Waals surface area contributed by atoms with Crippen LogP contribution in [0.15, 0.2) is 6.20 Å². The van der Waals surface area contributed by atoms with Gasteiger partial charge in [0.2, 0.25) is 0 Å². The van der Waals surface area contributed by atoms with E-state index in [2.05, 4.69) is 52.7 Å². The Kier molecular flexibility index (Phi) is 4.68. The molecule has 0 bridgehead atoms. The van der Waals surface area contributed by atoms with Gasteiger partial charge in [0.25, 0.3) is 0 Å². The van der Waals surface area contributed by atoms with Crippen LogP contribution in [0, 0.1) is 5.41 Å². The second-order valence-electron chi connectivity index (χ2n) is 9.05. The van der Waals surface area contributed by atoms with E-state index in [1.54, 1.807) is 11.3 Å². The molecule has 0 spiro atoms. The molecule has 0 radical (unpaired) electrons. The molecule has 0 aromatic carbocycles. The van der Waals surface area contributed by atoms with Gasteiger partial charge in [0.05, 0.1) is 6.61 Å². The molecule has 1 atom stereocenters. The zero-order valence-electron chi connectivity index (χ0n) is 15.1. The van der Waals surface area contributed by atoms with Gasteiger partial charge in [-0.05, 0) is 42.8 Å². The molecular weight excluding hydrogens is 310 g/mol. The van der Waals surface area contributed by atoms with Crippen LogP contribution < -0.4 is 0 Å². The van der Waals surface area contributed by atoms with Crippen molar-refractivity contribution in [3.05, 3.63) is 16.1 Å². The maximum Gasteiger partial charge on any atom is 0.192 e. The van der Waals surface area contributed by atoms with Crippen molar-refractivity contribution in [2.45, 2.75) is 84.2 Å². The summed E-state index contributed by atoms with van der Waals surface area (Å²) in [5.41, 5.74) is -0.526. The van der Waals surface area contributed by atoms with Crippen LogP contribution >= 0.6 is 11.3 Å². The lowest BCUT2D eigenvalue weighted by Gasteiger charge is -2.35. The highest BCUT2D eigenvalue weighted by Crippen LogP contribution is 2.49. The van der Waals surface area contributed by atoms with Gasteiger partial charge in [-0.2, -0.15) is 0 Å². The van der Waals surface area contributed by atoms with Crippen LogP contribution in [-0.4, -0.2) is 18.4 Å². The van der Waals surface area contributed by atoms with Gasteiger partial charge in [-0.15, -0.1) is 11.3 Å². The summed E-state index contributed by atoms with van der Waals surface area (Å²) in [7, 11) is -1.74. The van der Waals surface area contributed by atoms with E-state index in [0.717, 1.165) is 29.1 Å². The molecule has 1 aromatic heterocycles. The lowest BCUT2D eigenvalue weighted by molar-refractivity contribution is 0.0336. The average Bonchev–Trinajstić information content (AvgIpc) is 2.91. The molecule has 0 aliphatic heterocycles. The molecule has 1 heterocycles. The van der Waals surface area contributed by atoms with E-state index in [9.17, 15) is 5.11 Å². The Labute approximate surface area is 140 Å². The molecule has 1 aromatic rings. The highest BCUT2D eigenvalue weighted by molar-refractivity contribution is 7.11. The van der Waals surface area contributed by atoms with E-state index in [0.29, 0.717) is 6.61 Å². The number of thiazole rings is 1. The first-order valence-electron chi connectivity index (χ1n) is 8.16. The molecule has 126 valence electrons. The van der Waals surface area contributed by atoms with Crippen molar-refractivity contribution in [2.75, 3.05) is 0 Å². The zero-order valence-corrected chi connectivity index (χ0v) is 16.9. The van der Waals surface area contributed by atoms with Gasteiger partial charge in [-0.3, -0.25) is 0 Å². The van der Waals surface area contributed by atoms with Crippen molar-refractivity contribution in [3.63, 3.8) is 0 Å². The number of aromatic nitrogens is 1. The first-order chi connectivity index (χ1) is 9.85. The van der Waals surface area contributed by atoms with E-state index in [4.69, 9.17) is 4.43 Å². The summed E-state index contributed by atoms with van der Waals surface area (Å²) in [6.07, 6.45) is 4.56. The van der Waals surface area contributed by atoms with Crippen LogP contribution in [0.3, 0.4) is 0 Å². The fraction of sp³-hybridized carbons (Fsp3) is 0.824. The van der Waals surface area contributed by atoms with Crippen molar-refractivity contribution < 1.29 is 9.53 Å². The molecule has 2 rings (SSSR count). The monoisotopic (exact) mass is 341 g/mol.